The minimum Gasteiger partial charge on any atom is -0.393 e. The highest BCUT2D eigenvalue weighted by Crippen LogP contribution is 2.07. The summed E-state index contributed by atoms with van der Waals surface area (Å²) in [6.07, 6.45) is 1.36. The van der Waals surface area contributed by atoms with Crippen LogP contribution in [0.15, 0.2) is 24.3 Å². The van der Waals surface area contributed by atoms with Crippen molar-refractivity contribution in [2.75, 3.05) is 18.4 Å². The van der Waals surface area contributed by atoms with Crippen LogP contribution in [-0.2, 0) is 4.79 Å². The molecule has 1 amide bonds. The van der Waals surface area contributed by atoms with E-state index in [1.54, 1.807) is 6.92 Å². The third-order valence-corrected chi connectivity index (χ3v) is 2.60. The van der Waals surface area contributed by atoms with Crippen LogP contribution >= 0.6 is 0 Å². The van der Waals surface area contributed by atoms with Gasteiger partial charge in [-0.15, -0.1) is 0 Å². The fourth-order valence-corrected chi connectivity index (χ4v) is 1.57. The van der Waals surface area contributed by atoms with Crippen molar-refractivity contribution < 1.29 is 9.90 Å². The molecular weight excluding hydrogens is 228 g/mol. The molecule has 0 aliphatic carbocycles. The van der Waals surface area contributed by atoms with Crippen LogP contribution in [0.25, 0.3) is 0 Å². The summed E-state index contributed by atoms with van der Waals surface area (Å²) in [5, 5.41) is 14.9. The Balaban J connectivity index is 2.16. The van der Waals surface area contributed by atoms with E-state index in [1.807, 2.05) is 31.2 Å². The quantitative estimate of drug-likeness (QED) is 0.645. The molecule has 0 fully saturated rings. The monoisotopic (exact) mass is 250 g/mol. The second-order valence-electron chi connectivity index (χ2n) is 4.58. The van der Waals surface area contributed by atoms with Gasteiger partial charge in [-0.2, -0.15) is 0 Å². The maximum absolute atomic E-state index is 11.6. The SMILES string of the molecule is Cc1ccc(NC(=O)CNCCCC(C)O)cc1. The molecule has 4 heteroatoms. The van der Waals surface area contributed by atoms with Gasteiger partial charge < -0.3 is 15.7 Å². The van der Waals surface area contributed by atoms with Crippen molar-refractivity contribution in [1.29, 1.82) is 0 Å². The second-order valence-corrected chi connectivity index (χ2v) is 4.58. The highest BCUT2D eigenvalue weighted by atomic mass is 16.3. The van der Waals surface area contributed by atoms with Crippen LogP contribution < -0.4 is 10.6 Å². The van der Waals surface area contributed by atoms with E-state index in [-0.39, 0.29) is 12.0 Å². The van der Waals surface area contributed by atoms with Crippen LogP contribution in [0.5, 0.6) is 0 Å². The lowest BCUT2D eigenvalue weighted by molar-refractivity contribution is -0.115. The third kappa shape index (κ3) is 6.37. The fourth-order valence-electron chi connectivity index (χ4n) is 1.57. The predicted octanol–water partition coefficient (Wildman–Crippen LogP) is 1.68. The number of carbonyl (C=O) groups excluding carboxylic acids is 1. The van der Waals surface area contributed by atoms with Crippen LogP contribution in [0.4, 0.5) is 5.69 Å². The van der Waals surface area contributed by atoms with E-state index in [9.17, 15) is 4.79 Å². The Bertz CT molecular complexity index is 361. The zero-order chi connectivity index (χ0) is 13.4. The fraction of sp³-hybridized carbons (Fsp3) is 0.500. The van der Waals surface area contributed by atoms with Gasteiger partial charge in [0.25, 0.3) is 0 Å². The standard InChI is InChI=1S/C14H22N2O2/c1-11-5-7-13(8-6-11)16-14(18)10-15-9-3-4-12(2)17/h5-8,12,15,17H,3-4,9-10H2,1-2H3,(H,16,18). The van der Waals surface area contributed by atoms with Gasteiger partial charge >= 0.3 is 0 Å². The number of aliphatic hydroxyl groups excluding tert-OH is 1. The normalized spacial score (nSPS) is 12.2. The third-order valence-electron chi connectivity index (χ3n) is 2.60. The summed E-state index contributed by atoms with van der Waals surface area (Å²) in [5.41, 5.74) is 1.99. The number of hydrogen-bond acceptors (Lipinski definition) is 3. The summed E-state index contributed by atoms with van der Waals surface area (Å²) in [5.74, 6) is -0.0455. The molecule has 0 radical (unpaired) electrons. The number of rotatable bonds is 7. The highest BCUT2D eigenvalue weighted by Gasteiger charge is 2.01. The van der Waals surface area contributed by atoms with E-state index in [2.05, 4.69) is 10.6 Å². The van der Waals surface area contributed by atoms with Gasteiger partial charge in [-0.3, -0.25) is 4.79 Å². The van der Waals surface area contributed by atoms with Crippen LogP contribution in [0.1, 0.15) is 25.3 Å². The molecular formula is C14H22N2O2. The molecule has 0 heterocycles. The first-order valence-electron chi connectivity index (χ1n) is 6.33. The maximum Gasteiger partial charge on any atom is 0.238 e. The first-order valence-corrected chi connectivity index (χ1v) is 6.33. The van der Waals surface area contributed by atoms with Crippen molar-refractivity contribution >= 4 is 11.6 Å². The molecule has 0 saturated carbocycles. The Morgan fingerprint density at radius 3 is 2.61 bits per heavy atom. The molecule has 0 bridgehead atoms. The number of anilines is 1. The number of aryl methyl sites for hydroxylation is 1. The molecule has 0 saturated heterocycles. The molecule has 100 valence electrons. The van der Waals surface area contributed by atoms with Gasteiger partial charge in [-0.05, 0) is 45.4 Å². The van der Waals surface area contributed by atoms with Gasteiger partial charge in [0, 0.05) is 5.69 Å². The number of carbonyl (C=O) groups is 1. The van der Waals surface area contributed by atoms with Crippen molar-refractivity contribution in [2.45, 2.75) is 32.8 Å². The smallest absolute Gasteiger partial charge is 0.238 e. The lowest BCUT2D eigenvalue weighted by Gasteiger charge is -2.07. The van der Waals surface area contributed by atoms with Gasteiger partial charge in [-0.1, -0.05) is 17.7 Å². The molecule has 0 aliphatic heterocycles. The number of benzene rings is 1. The van der Waals surface area contributed by atoms with Crippen LogP contribution in [0, 0.1) is 6.92 Å². The molecule has 1 aromatic carbocycles. The zero-order valence-corrected chi connectivity index (χ0v) is 11.1. The molecule has 0 spiro atoms. The predicted molar refractivity (Wildman–Crippen MR) is 73.6 cm³/mol. The lowest BCUT2D eigenvalue weighted by Crippen LogP contribution is -2.29. The Morgan fingerprint density at radius 1 is 1.33 bits per heavy atom. The first-order chi connectivity index (χ1) is 8.58. The van der Waals surface area contributed by atoms with Gasteiger partial charge in [0.05, 0.1) is 12.6 Å². The average molecular weight is 250 g/mol. The van der Waals surface area contributed by atoms with Gasteiger partial charge in [0.15, 0.2) is 0 Å². The molecule has 1 unspecified atom stereocenters. The van der Waals surface area contributed by atoms with Crippen LogP contribution in [0.3, 0.4) is 0 Å². The summed E-state index contributed by atoms with van der Waals surface area (Å²) in [7, 11) is 0. The van der Waals surface area contributed by atoms with E-state index in [1.165, 1.54) is 5.56 Å². The second kappa shape index (κ2) is 7.84. The minimum absolute atomic E-state index is 0.0455. The molecule has 18 heavy (non-hydrogen) atoms. The average Bonchev–Trinajstić information content (AvgIpc) is 2.31. The molecule has 3 N–H and O–H groups in total. The molecule has 1 atom stereocenters. The number of amides is 1. The Morgan fingerprint density at radius 2 is 2.00 bits per heavy atom. The maximum atomic E-state index is 11.6. The number of nitrogens with one attached hydrogen (secondary N) is 2. The number of aliphatic hydroxyl groups is 1. The Kier molecular flexibility index (Phi) is 6.39. The van der Waals surface area contributed by atoms with E-state index in [4.69, 9.17) is 5.11 Å². The lowest BCUT2D eigenvalue weighted by atomic mass is 10.2. The minimum atomic E-state index is -0.270. The van der Waals surface area contributed by atoms with Gasteiger partial charge in [0.1, 0.15) is 0 Å². The highest BCUT2D eigenvalue weighted by molar-refractivity contribution is 5.92. The van der Waals surface area contributed by atoms with Crippen LogP contribution in [0.2, 0.25) is 0 Å². The summed E-state index contributed by atoms with van der Waals surface area (Å²) in [4.78, 5) is 11.6. The largest absolute Gasteiger partial charge is 0.393 e. The molecule has 0 aromatic heterocycles. The van der Waals surface area contributed by atoms with Gasteiger partial charge in [0.2, 0.25) is 5.91 Å². The summed E-state index contributed by atoms with van der Waals surface area (Å²) in [6, 6.07) is 7.71. The van der Waals surface area contributed by atoms with Crippen LogP contribution in [-0.4, -0.2) is 30.2 Å². The molecule has 1 aromatic rings. The van der Waals surface area contributed by atoms with Crippen molar-refractivity contribution in [3.8, 4) is 0 Å². The summed E-state index contributed by atoms with van der Waals surface area (Å²) >= 11 is 0. The first kappa shape index (κ1) is 14.7. The van der Waals surface area contributed by atoms with E-state index >= 15 is 0 Å². The van der Waals surface area contributed by atoms with Crippen molar-refractivity contribution in [3.63, 3.8) is 0 Å². The van der Waals surface area contributed by atoms with Crippen molar-refractivity contribution in [2.24, 2.45) is 0 Å². The van der Waals surface area contributed by atoms with E-state index < -0.39 is 0 Å². The molecule has 4 nitrogen and oxygen atoms in total. The zero-order valence-electron chi connectivity index (χ0n) is 11.1. The number of hydrogen-bond donors (Lipinski definition) is 3. The molecule has 1 rings (SSSR count). The van der Waals surface area contributed by atoms with E-state index in [0.29, 0.717) is 6.54 Å². The Hall–Kier alpha value is -1.39. The van der Waals surface area contributed by atoms with E-state index in [0.717, 1.165) is 25.1 Å². The molecule has 0 aliphatic rings. The van der Waals surface area contributed by atoms with Crippen molar-refractivity contribution in [1.82, 2.24) is 5.32 Å². The Labute approximate surface area is 108 Å². The van der Waals surface area contributed by atoms with Gasteiger partial charge in [-0.25, -0.2) is 0 Å². The topological polar surface area (TPSA) is 61.4 Å². The summed E-state index contributed by atoms with van der Waals surface area (Å²) in [6.45, 7) is 4.82. The van der Waals surface area contributed by atoms with Crippen molar-refractivity contribution in [3.05, 3.63) is 29.8 Å². The summed E-state index contributed by atoms with van der Waals surface area (Å²) < 4.78 is 0.